The number of aliphatic hydroxyl groups is 1. The predicted octanol–water partition coefficient (Wildman–Crippen LogP) is 2.73. The van der Waals surface area contributed by atoms with Gasteiger partial charge in [0.1, 0.15) is 11.6 Å². The van der Waals surface area contributed by atoms with E-state index in [0.29, 0.717) is 25.8 Å². The third-order valence-electron chi connectivity index (χ3n) is 6.67. The molecule has 0 aromatic heterocycles. The van der Waals surface area contributed by atoms with E-state index in [-0.39, 0.29) is 56.0 Å². The number of nitrogens with one attached hydrogen (secondary N) is 3. The van der Waals surface area contributed by atoms with E-state index in [0.717, 1.165) is 0 Å². The smallest absolute Gasteiger partial charge is 0.408 e. The van der Waals surface area contributed by atoms with Crippen molar-refractivity contribution in [3.63, 3.8) is 0 Å². The molecule has 3 amide bonds. The number of hydrogen-bond acceptors (Lipinski definition) is 5. The molecule has 3 atom stereocenters. The molecule has 4 N–H and O–H groups in total. The minimum Gasteiger partial charge on any atom is -0.443 e. The van der Waals surface area contributed by atoms with Crippen LogP contribution in [-0.2, 0) is 14.3 Å². The summed E-state index contributed by atoms with van der Waals surface area (Å²) < 4.78 is 32.6. The monoisotopic (exact) mass is 475 g/mol. The Bertz CT molecular complexity index is 692. The van der Waals surface area contributed by atoms with Crippen LogP contribution in [0.1, 0.15) is 72.6 Å². The highest BCUT2D eigenvalue weighted by atomic mass is 19.3. The Hall–Kier alpha value is -1.97. The summed E-state index contributed by atoms with van der Waals surface area (Å²) in [6.07, 6.45) is 0.581. The molecule has 0 bridgehead atoms. The number of ether oxygens (including phenoxy) is 1. The van der Waals surface area contributed by atoms with Crippen molar-refractivity contribution in [3.05, 3.63) is 0 Å². The van der Waals surface area contributed by atoms with Gasteiger partial charge in [0.05, 0.1) is 12.6 Å². The van der Waals surface area contributed by atoms with Crippen LogP contribution in [0.4, 0.5) is 13.6 Å². The highest BCUT2D eigenvalue weighted by molar-refractivity contribution is 5.86. The van der Waals surface area contributed by atoms with Crippen LogP contribution in [0.5, 0.6) is 0 Å². The predicted molar refractivity (Wildman–Crippen MR) is 119 cm³/mol. The molecule has 2 rings (SSSR count). The van der Waals surface area contributed by atoms with Crippen molar-refractivity contribution >= 4 is 17.9 Å². The van der Waals surface area contributed by atoms with Crippen LogP contribution in [0.2, 0.25) is 0 Å². The number of aliphatic hydroxyl groups excluding tert-OH is 1. The van der Waals surface area contributed by atoms with E-state index in [9.17, 15) is 28.3 Å². The molecule has 8 nitrogen and oxygen atoms in total. The first-order valence-electron chi connectivity index (χ1n) is 11.9. The summed E-state index contributed by atoms with van der Waals surface area (Å²) in [5.41, 5.74) is -0.955. The number of halogens is 2. The van der Waals surface area contributed by atoms with Crippen LogP contribution in [-0.4, -0.2) is 59.8 Å². The van der Waals surface area contributed by atoms with Crippen LogP contribution in [0.3, 0.4) is 0 Å². The molecule has 10 heteroatoms. The third kappa shape index (κ3) is 8.39. The summed E-state index contributed by atoms with van der Waals surface area (Å²) in [5.74, 6) is -3.61. The Morgan fingerprint density at radius 1 is 1.21 bits per heavy atom. The molecule has 1 aliphatic carbocycles. The van der Waals surface area contributed by atoms with Gasteiger partial charge in [0.15, 0.2) is 0 Å². The van der Waals surface area contributed by atoms with Crippen molar-refractivity contribution in [3.8, 4) is 0 Å². The maximum atomic E-state index is 13.5. The fourth-order valence-electron chi connectivity index (χ4n) is 4.63. The van der Waals surface area contributed by atoms with Crippen molar-refractivity contribution in [2.24, 2.45) is 17.8 Å². The molecule has 0 spiro atoms. The summed E-state index contributed by atoms with van der Waals surface area (Å²) >= 11 is 0. The molecule has 0 unspecified atom stereocenters. The highest BCUT2D eigenvalue weighted by Crippen LogP contribution is 2.41. The number of rotatable bonds is 10. The molecule has 0 aromatic carbocycles. The fraction of sp³-hybridized carbons (Fsp3) is 0.870. The van der Waals surface area contributed by atoms with Gasteiger partial charge in [0.2, 0.25) is 17.7 Å². The molecule has 0 aromatic rings. The van der Waals surface area contributed by atoms with Gasteiger partial charge < -0.3 is 25.8 Å². The number of carbonyl (C=O) groups is 3. The van der Waals surface area contributed by atoms with Crippen molar-refractivity contribution in [1.82, 2.24) is 16.0 Å². The van der Waals surface area contributed by atoms with Gasteiger partial charge in [-0.1, -0.05) is 13.8 Å². The maximum absolute atomic E-state index is 13.5. The van der Waals surface area contributed by atoms with Crippen LogP contribution < -0.4 is 16.0 Å². The molecule has 1 aliphatic heterocycles. The molecule has 1 saturated carbocycles. The normalized spacial score (nSPS) is 23.0. The van der Waals surface area contributed by atoms with Crippen molar-refractivity contribution in [1.29, 1.82) is 0 Å². The first kappa shape index (κ1) is 27.3. The zero-order chi connectivity index (χ0) is 24.8. The zero-order valence-corrected chi connectivity index (χ0v) is 20.1. The third-order valence-corrected chi connectivity index (χ3v) is 6.67. The largest absolute Gasteiger partial charge is 0.443 e. The Labute approximate surface area is 194 Å². The first-order chi connectivity index (χ1) is 15.3. The molecule has 1 saturated heterocycles. The van der Waals surface area contributed by atoms with Gasteiger partial charge in [-0.15, -0.1) is 0 Å². The zero-order valence-electron chi connectivity index (χ0n) is 20.1. The minimum absolute atomic E-state index is 0.0859. The number of amides is 3. The summed E-state index contributed by atoms with van der Waals surface area (Å²) in [4.78, 5) is 37.4. The molecule has 1 heterocycles. The lowest BCUT2D eigenvalue weighted by atomic mass is 9.77. The number of carbonyl (C=O) groups excluding carboxylic acids is 3. The molecular formula is C23H39F2N3O5. The molecule has 33 heavy (non-hydrogen) atoms. The summed E-state index contributed by atoms with van der Waals surface area (Å²) in [5, 5.41) is 17.8. The highest BCUT2D eigenvalue weighted by Gasteiger charge is 2.42. The lowest BCUT2D eigenvalue weighted by Gasteiger charge is -2.38. The van der Waals surface area contributed by atoms with Crippen LogP contribution >= 0.6 is 0 Å². The second-order valence-electron chi connectivity index (χ2n) is 10.4. The van der Waals surface area contributed by atoms with E-state index in [1.807, 2.05) is 13.8 Å². The topological polar surface area (TPSA) is 117 Å². The van der Waals surface area contributed by atoms with E-state index in [1.165, 1.54) is 0 Å². The quantitative estimate of drug-likeness (QED) is 0.388. The molecule has 190 valence electrons. The lowest BCUT2D eigenvalue weighted by molar-refractivity contribution is -0.126. The summed E-state index contributed by atoms with van der Waals surface area (Å²) in [6, 6.07) is -1.50. The number of alkyl carbamates (subject to hydrolysis) is 1. The Balaban J connectivity index is 1.95. The first-order valence-corrected chi connectivity index (χ1v) is 11.9. The average Bonchev–Trinajstić information content (AvgIpc) is 3.10. The minimum atomic E-state index is -2.67. The Morgan fingerprint density at radius 3 is 2.36 bits per heavy atom. The van der Waals surface area contributed by atoms with E-state index in [1.54, 1.807) is 13.8 Å². The van der Waals surface area contributed by atoms with E-state index >= 15 is 0 Å². The van der Waals surface area contributed by atoms with Gasteiger partial charge in [-0.3, -0.25) is 9.59 Å². The van der Waals surface area contributed by atoms with E-state index < -0.39 is 35.6 Å². The van der Waals surface area contributed by atoms with Gasteiger partial charge in [0.25, 0.3) is 0 Å². The number of hydrogen-bond donors (Lipinski definition) is 4. The van der Waals surface area contributed by atoms with Crippen LogP contribution in [0.25, 0.3) is 0 Å². The van der Waals surface area contributed by atoms with Crippen molar-refractivity contribution in [2.45, 2.75) is 96.2 Å². The molecule has 2 aliphatic rings. The summed E-state index contributed by atoms with van der Waals surface area (Å²) in [6.45, 7) is 7.47. The standard InChI is InChI=1S/C23H39F2N3O5/c1-14(2)11-18(20(31)27-17(13-29)12-15-7-10-26-19(15)30)28-21(32)33-22(3,4)16-5-8-23(24,25)9-6-16/h14-18,29H,5-13H2,1-4H3,(H,26,30)(H,27,31)(H,28,32)/t15-,17-,18-/m0/s1. The average molecular weight is 476 g/mol. The van der Waals surface area contributed by atoms with E-state index in [2.05, 4.69) is 16.0 Å². The van der Waals surface area contributed by atoms with Crippen molar-refractivity contribution < 1.29 is 33.0 Å². The Morgan fingerprint density at radius 2 is 1.85 bits per heavy atom. The number of alkyl halides is 2. The van der Waals surface area contributed by atoms with Gasteiger partial charge in [-0.2, -0.15) is 0 Å². The van der Waals surface area contributed by atoms with Gasteiger partial charge in [0, 0.05) is 25.3 Å². The second-order valence-corrected chi connectivity index (χ2v) is 10.4. The molecular weight excluding hydrogens is 436 g/mol. The Kier molecular flexibility index (Phi) is 9.46. The summed E-state index contributed by atoms with van der Waals surface area (Å²) in [7, 11) is 0. The molecule has 0 radical (unpaired) electrons. The van der Waals surface area contributed by atoms with E-state index in [4.69, 9.17) is 4.74 Å². The lowest BCUT2D eigenvalue weighted by Crippen LogP contribution is -2.53. The fourth-order valence-corrected chi connectivity index (χ4v) is 4.63. The van der Waals surface area contributed by atoms with Gasteiger partial charge in [-0.25, -0.2) is 13.6 Å². The van der Waals surface area contributed by atoms with Crippen LogP contribution in [0, 0.1) is 17.8 Å². The SMILES string of the molecule is CC(C)C[C@H](NC(=O)OC(C)(C)C1CCC(F)(F)CC1)C(=O)N[C@H](CO)C[C@@H]1CCNC1=O. The maximum Gasteiger partial charge on any atom is 0.408 e. The molecule has 2 fully saturated rings. The second kappa shape index (κ2) is 11.4. The van der Waals surface area contributed by atoms with Crippen molar-refractivity contribution in [2.75, 3.05) is 13.2 Å². The van der Waals surface area contributed by atoms with Gasteiger partial charge in [-0.05, 0) is 57.8 Å². The van der Waals surface area contributed by atoms with Gasteiger partial charge >= 0.3 is 6.09 Å². The van der Waals surface area contributed by atoms with Crippen LogP contribution in [0.15, 0.2) is 0 Å².